The van der Waals surface area contributed by atoms with E-state index in [4.69, 9.17) is 5.11 Å². The van der Waals surface area contributed by atoms with Crippen LogP contribution < -0.4 is 10.2 Å². The van der Waals surface area contributed by atoms with Gasteiger partial charge in [0, 0.05) is 37.5 Å². The summed E-state index contributed by atoms with van der Waals surface area (Å²) in [5.41, 5.74) is 1.86. The van der Waals surface area contributed by atoms with Crippen molar-refractivity contribution in [1.29, 1.82) is 0 Å². The Morgan fingerprint density at radius 3 is 2.24 bits per heavy atom. The van der Waals surface area contributed by atoms with E-state index in [0.29, 0.717) is 12.1 Å². The number of anilines is 1. The summed E-state index contributed by atoms with van der Waals surface area (Å²) in [5, 5.41) is 11.6. The third-order valence-electron chi connectivity index (χ3n) is 3.63. The number of carbonyl (C=O) groups is 1. The summed E-state index contributed by atoms with van der Waals surface area (Å²) < 4.78 is 0. The summed E-state index contributed by atoms with van der Waals surface area (Å²) >= 11 is 0. The molecule has 0 atom stereocenters. The van der Waals surface area contributed by atoms with Gasteiger partial charge in [-0.1, -0.05) is 12.8 Å². The molecule has 0 bridgehead atoms. The molecule has 0 aliphatic carbocycles. The molecule has 0 fully saturated rings. The highest BCUT2D eigenvalue weighted by molar-refractivity contribution is 5.94. The maximum atomic E-state index is 12.0. The lowest BCUT2D eigenvalue weighted by Gasteiger charge is -2.21. The third-order valence-corrected chi connectivity index (χ3v) is 3.63. The molecule has 0 aromatic heterocycles. The van der Waals surface area contributed by atoms with Gasteiger partial charge in [-0.25, -0.2) is 0 Å². The topological polar surface area (TPSA) is 52.6 Å². The van der Waals surface area contributed by atoms with E-state index in [0.717, 1.165) is 44.5 Å². The molecule has 1 aromatic carbocycles. The third kappa shape index (κ3) is 6.17. The highest BCUT2D eigenvalue weighted by Gasteiger charge is 2.06. The smallest absolute Gasteiger partial charge is 0.251 e. The van der Waals surface area contributed by atoms with Crippen molar-refractivity contribution in [2.45, 2.75) is 39.5 Å². The summed E-state index contributed by atoms with van der Waals surface area (Å²) in [6.07, 6.45) is 3.87. The van der Waals surface area contributed by atoms with E-state index in [-0.39, 0.29) is 12.5 Å². The van der Waals surface area contributed by atoms with Crippen LogP contribution in [0, 0.1) is 0 Å². The van der Waals surface area contributed by atoms with Crippen molar-refractivity contribution in [3.8, 4) is 0 Å². The van der Waals surface area contributed by atoms with Gasteiger partial charge in [-0.05, 0) is 51.0 Å². The standard InChI is InChI=1S/C17H28N2O2/c1-3-19(4-2)16-11-9-15(10-12-16)17(21)18-13-7-5-6-8-14-20/h9-12,20H,3-8,13-14H2,1-2H3,(H,18,21). The molecule has 0 aliphatic rings. The van der Waals surface area contributed by atoms with Gasteiger partial charge in [0.2, 0.25) is 0 Å². The molecule has 0 heterocycles. The highest BCUT2D eigenvalue weighted by atomic mass is 16.2. The van der Waals surface area contributed by atoms with Gasteiger partial charge < -0.3 is 15.3 Å². The Morgan fingerprint density at radius 2 is 1.67 bits per heavy atom. The second kappa shape index (κ2) is 10.2. The maximum Gasteiger partial charge on any atom is 0.251 e. The molecule has 4 nitrogen and oxygen atoms in total. The Kier molecular flexibility index (Phi) is 8.51. The van der Waals surface area contributed by atoms with Crippen molar-refractivity contribution < 1.29 is 9.90 Å². The first-order valence-electron chi connectivity index (χ1n) is 7.97. The number of aliphatic hydroxyl groups is 1. The average Bonchev–Trinajstić information content (AvgIpc) is 2.52. The average molecular weight is 292 g/mol. The number of nitrogens with one attached hydrogen (secondary N) is 1. The highest BCUT2D eigenvalue weighted by Crippen LogP contribution is 2.14. The van der Waals surface area contributed by atoms with E-state index in [2.05, 4.69) is 24.1 Å². The molecule has 21 heavy (non-hydrogen) atoms. The van der Waals surface area contributed by atoms with Gasteiger partial charge in [-0.2, -0.15) is 0 Å². The molecule has 0 spiro atoms. The zero-order chi connectivity index (χ0) is 15.5. The monoisotopic (exact) mass is 292 g/mol. The first-order valence-corrected chi connectivity index (χ1v) is 7.97. The Balaban J connectivity index is 2.37. The van der Waals surface area contributed by atoms with Crippen molar-refractivity contribution in [2.24, 2.45) is 0 Å². The normalized spacial score (nSPS) is 10.4. The first kappa shape index (κ1) is 17.5. The number of amides is 1. The fourth-order valence-electron chi connectivity index (χ4n) is 2.31. The predicted molar refractivity (Wildman–Crippen MR) is 87.9 cm³/mol. The number of aliphatic hydroxyl groups excluding tert-OH is 1. The van der Waals surface area contributed by atoms with E-state index in [1.54, 1.807) is 0 Å². The zero-order valence-corrected chi connectivity index (χ0v) is 13.3. The Labute approximate surface area is 128 Å². The van der Waals surface area contributed by atoms with Gasteiger partial charge in [0.25, 0.3) is 5.91 Å². The van der Waals surface area contributed by atoms with E-state index in [1.807, 2.05) is 24.3 Å². The van der Waals surface area contributed by atoms with Crippen LogP contribution >= 0.6 is 0 Å². The minimum atomic E-state index is -0.0109. The summed E-state index contributed by atoms with van der Waals surface area (Å²) in [6, 6.07) is 7.77. The number of carbonyl (C=O) groups excluding carboxylic acids is 1. The lowest BCUT2D eigenvalue weighted by Crippen LogP contribution is -2.25. The van der Waals surface area contributed by atoms with Gasteiger partial charge in [0.05, 0.1) is 0 Å². The van der Waals surface area contributed by atoms with Gasteiger partial charge >= 0.3 is 0 Å². The second-order valence-electron chi connectivity index (χ2n) is 5.11. The second-order valence-corrected chi connectivity index (χ2v) is 5.11. The minimum Gasteiger partial charge on any atom is -0.396 e. The van der Waals surface area contributed by atoms with Crippen LogP contribution in [0.15, 0.2) is 24.3 Å². The molecule has 1 amide bonds. The van der Waals surface area contributed by atoms with Crippen LogP contribution in [0.3, 0.4) is 0 Å². The van der Waals surface area contributed by atoms with Gasteiger partial charge in [0.1, 0.15) is 0 Å². The Bertz CT molecular complexity index is 400. The van der Waals surface area contributed by atoms with Crippen molar-refractivity contribution in [2.75, 3.05) is 31.1 Å². The fraction of sp³-hybridized carbons (Fsp3) is 0.588. The van der Waals surface area contributed by atoms with E-state index < -0.39 is 0 Å². The molecular weight excluding hydrogens is 264 g/mol. The maximum absolute atomic E-state index is 12.0. The van der Waals surface area contributed by atoms with Crippen LogP contribution in [0.2, 0.25) is 0 Å². The number of unbranched alkanes of at least 4 members (excludes halogenated alkanes) is 3. The summed E-state index contributed by atoms with van der Waals surface area (Å²) in [6.45, 7) is 7.14. The van der Waals surface area contributed by atoms with Crippen molar-refractivity contribution in [1.82, 2.24) is 5.32 Å². The van der Waals surface area contributed by atoms with Crippen LogP contribution in [-0.2, 0) is 0 Å². The largest absolute Gasteiger partial charge is 0.396 e. The van der Waals surface area contributed by atoms with Gasteiger partial charge in [-0.15, -0.1) is 0 Å². The van der Waals surface area contributed by atoms with Crippen molar-refractivity contribution in [3.05, 3.63) is 29.8 Å². The SMILES string of the molecule is CCN(CC)c1ccc(C(=O)NCCCCCCO)cc1. The predicted octanol–water partition coefficient (Wildman–Crippen LogP) is 2.82. The van der Waals surface area contributed by atoms with Crippen molar-refractivity contribution in [3.63, 3.8) is 0 Å². The van der Waals surface area contributed by atoms with E-state index in [1.165, 1.54) is 0 Å². The number of nitrogens with zero attached hydrogens (tertiary/aromatic N) is 1. The van der Waals surface area contributed by atoms with Crippen LogP contribution in [0.25, 0.3) is 0 Å². The molecule has 0 saturated heterocycles. The lowest BCUT2D eigenvalue weighted by molar-refractivity contribution is 0.0953. The molecule has 4 heteroatoms. The molecule has 0 aliphatic heterocycles. The lowest BCUT2D eigenvalue weighted by atomic mass is 10.1. The Hall–Kier alpha value is -1.55. The zero-order valence-electron chi connectivity index (χ0n) is 13.3. The van der Waals surface area contributed by atoms with Crippen LogP contribution in [0.5, 0.6) is 0 Å². The Morgan fingerprint density at radius 1 is 1.05 bits per heavy atom. The molecular formula is C17H28N2O2. The van der Waals surface area contributed by atoms with Crippen LogP contribution in [-0.4, -0.2) is 37.3 Å². The summed E-state index contributed by atoms with van der Waals surface area (Å²) in [7, 11) is 0. The molecule has 0 saturated carbocycles. The van der Waals surface area contributed by atoms with Crippen LogP contribution in [0.4, 0.5) is 5.69 Å². The fourth-order valence-corrected chi connectivity index (χ4v) is 2.31. The number of rotatable bonds is 10. The summed E-state index contributed by atoms with van der Waals surface area (Å²) in [4.78, 5) is 14.2. The minimum absolute atomic E-state index is 0.0109. The molecule has 1 aromatic rings. The number of hydrogen-bond donors (Lipinski definition) is 2. The van der Waals surface area contributed by atoms with Gasteiger partial charge in [-0.3, -0.25) is 4.79 Å². The number of benzene rings is 1. The molecule has 118 valence electrons. The number of hydrogen-bond acceptors (Lipinski definition) is 3. The molecule has 0 unspecified atom stereocenters. The molecule has 0 radical (unpaired) electrons. The van der Waals surface area contributed by atoms with E-state index >= 15 is 0 Å². The first-order chi connectivity index (χ1) is 10.2. The molecule has 2 N–H and O–H groups in total. The van der Waals surface area contributed by atoms with Gasteiger partial charge in [0.15, 0.2) is 0 Å². The summed E-state index contributed by atoms with van der Waals surface area (Å²) in [5.74, 6) is -0.0109. The van der Waals surface area contributed by atoms with E-state index in [9.17, 15) is 4.79 Å². The van der Waals surface area contributed by atoms with Crippen LogP contribution in [0.1, 0.15) is 49.9 Å². The quantitative estimate of drug-likeness (QED) is 0.652. The van der Waals surface area contributed by atoms with Crippen molar-refractivity contribution >= 4 is 11.6 Å². The molecule has 1 rings (SSSR count).